The second-order valence-electron chi connectivity index (χ2n) is 4.50. The number of aromatic hydroxyl groups is 1. The molecular weight excluding hydrogens is 323 g/mol. The van der Waals surface area contributed by atoms with Crippen LogP contribution in [0, 0.1) is 0 Å². The number of phenolic OH excluding ortho intramolecular Hbond substituents is 1. The number of hydrazone groups is 1. The molecule has 0 unspecified atom stereocenters. The number of rotatable bonds is 4. The summed E-state index contributed by atoms with van der Waals surface area (Å²) < 4.78 is 0. The van der Waals surface area contributed by atoms with Gasteiger partial charge >= 0.3 is 0 Å². The Morgan fingerprint density at radius 2 is 1.91 bits per heavy atom. The van der Waals surface area contributed by atoms with E-state index in [1.54, 1.807) is 36.4 Å². The van der Waals surface area contributed by atoms with Crippen LogP contribution in [-0.4, -0.2) is 16.7 Å². The smallest absolute Gasteiger partial charge is 0.271 e. The molecule has 0 atom stereocenters. The number of halogens is 2. The van der Waals surface area contributed by atoms with Gasteiger partial charge in [-0.05, 0) is 36.8 Å². The van der Waals surface area contributed by atoms with Gasteiger partial charge in [0.05, 0.1) is 15.8 Å². The zero-order valence-electron chi connectivity index (χ0n) is 11.8. The molecule has 0 aliphatic heterocycles. The molecular formula is C16H14Cl2N2O2. The van der Waals surface area contributed by atoms with Crippen LogP contribution >= 0.6 is 23.2 Å². The van der Waals surface area contributed by atoms with Gasteiger partial charge in [-0.1, -0.05) is 42.3 Å². The molecule has 0 heterocycles. The molecule has 0 aromatic heterocycles. The Morgan fingerprint density at radius 1 is 1.18 bits per heavy atom. The molecule has 0 aliphatic carbocycles. The Bertz CT molecular complexity index is 730. The lowest BCUT2D eigenvalue weighted by molar-refractivity contribution is 0.0955. The highest BCUT2D eigenvalue weighted by Crippen LogP contribution is 2.22. The van der Waals surface area contributed by atoms with Crippen LogP contribution in [0.2, 0.25) is 10.0 Å². The van der Waals surface area contributed by atoms with Crippen LogP contribution in [0.1, 0.15) is 29.3 Å². The number of amides is 1. The van der Waals surface area contributed by atoms with Crippen LogP contribution in [0.4, 0.5) is 0 Å². The predicted molar refractivity (Wildman–Crippen MR) is 88.9 cm³/mol. The number of para-hydroxylation sites is 1. The van der Waals surface area contributed by atoms with E-state index < -0.39 is 5.91 Å². The highest BCUT2D eigenvalue weighted by molar-refractivity contribution is 6.42. The Balaban J connectivity index is 2.20. The Labute approximate surface area is 138 Å². The maximum absolute atomic E-state index is 12.1. The summed E-state index contributed by atoms with van der Waals surface area (Å²) in [7, 11) is 0. The van der Waals surface area contributed by atoms with Crippen LogP contribution in [0.15, 0.2) is 47.6 Å². The SMILES string of the molecule is CCC(=NNC(=O)c1ccc(Cl)c(Cl)c1)c1ccccc1O. The van der Waals surface area contributed by atoms with E-state index in [-0.39, 0.29) is 5.75 Å². The van der Waals surface area contributed by atoms with Crippen molar-refractivity contribution in [3.05, 3.63) is 63.6 Å². The van der Waals surface area contributed by atoms with Crippen molar-refractivity contribution in [2.75, 3.05) is 0 Å². The van der Waals surface area contributed by atoms with Crippen molar-refractivity contribution in [1.82, 2.24) is 5.43 Å². The molecule has 0 saturated carbocycles. The first-order chi connectivity index (χ1) is 10.5. The molecule has 4 nitrogen and oxygen atoms in total. The monoisotopic (exact) mass is 336 g/mol. The van der Waals surface area contributed by atoms with Gasteiger partial charge in [0.15, 0.2) is 0 Å². The molecule has 2 N–H and O–H groups in total. The van der Waals surface area contributed by atoms with Gasteiger partial charge in [-0.2, -0.15) is 5.10 Å². The van der Waals surface area contributed by atoms with Crippen LogP contribution < -0.4 is 5.43 Å². The summed E-state index contributed by atoms with van der Waals surface area (Å²) in [6.07, 6.45) is 0.555. The average Bonchev–Trinajstić information content (AvgIpc) is 2.52. The highest BCUT2D eigenvalue weighted by Gasteiger charge is 2.10. The fourth-order valence-corrected chi connectivity index (χ4v) is 2.17. The van der Waals surface area contributed by atoms with E-state index in [0.29, 0.717) is 33.3 Å². The van der Waals surface area contributed by atoms with E-state index >= 15 is 0 Å². The standard InChI is InChI=1S/C16H14Cl2N2O2/c1-2-14(11-5-3-4-6-15(11)21)19-20-16(22)10-7-8-12(17)13(18)9-10/h3-9,21H,2H2,1H3,(H,20,22). The predicted octanol–water partition coefficient (Wildman–Crippen LogP) is 4.24. The number of phenols is 1. The quantitative estimate of drug-likeness (QED) is 0.647. The van der Waals surface area contributed by atoms with Gasteiger partial charge in [0.1, 0.15) is 5.75 Å². The Kier molecular flexibility index (Phi) is 5.41. The van der Waals surface area contributed by atoms with Gasteiger partial charge in [0.2, 0.25) is 0 Å². The number of carbonyl (C=O) groups excluding carboxylic acids is 1. The second-order valence-corrected chi connectivity index (χ2v) is 5.31. The van der Waals surface area contributed by atoms with Crippen molar-refractivity contribution in [2.45, 2.75) is 13.3 Å². The molecule has 0 bridgehead atoms. The summed E-state index contributed by atoms with van der Waals surface area (Å²) in [6.45, 7) is 1.89. The minimum atomic E-state index is -0.403. The second kappa shape index (κ2) is 7.29. The van der Waals surface area contributed by atoms with Gasteiger partial charge in [-0.15, -0.1) is 0 Å². The fraction of sp³-hybridized carbons (Fsp3) is 0.125. The topological polar surface area (TPSA) is 61.7 Å². The van der Waals surface area contributed by atoms with Crippen LogP contribution in [0.5, 0.6) is 5.75 Å². The van der Waals surface area contributed by atoms with Crippen molar-refractivity contribution >= 4 is 34.8 Å². The van der Waals surface area contributed by atoms with E-state index in [2.05, 4.69) is 10.5 Å². The van der Waals surface area contributed by atoms with Crippen molar-refractivity contribution in [3.8, 4) is 5.75 Å². The van der Waals surface area contributed by atoms with Crippen molar-refractivity contribution in [3.63, 3.8) is 0 Å². The van der Waals surface area contributed by atoms with Gasteiger partial charge in [0, 0.05) is 11.1 Å². The minimum absolute atomic E-state index is 0.117. The van der Waals surface area contributed by atoms with Gasteiger partial charge in [-0.3, -0.25) is 4.79 Å². The number of hydrogen-bond acceptors (Lipinski definition) is 3. The summed E-state index contributed by atoms with van der Waals surface area (Å²) in [4.78, 5) is 12.1. The van der Waals surface area contributed by atoms with E-state index in [0.717, 1.165) is 0 Å². The first kappa shape index (κ1) is 16.3. The zero-order chi connectivity index (χ0) is 16.1. The lowest BCUT2D eigenvalue weighted by atomic mass is 10.1. The summed E-state index contributed by atoms with van der Waals surface area (Å²) in [5.41, 5.74) is 3.97. The minimum Gasteiger partial charge on any atom is -0.507 e. The fourth-order valence-electron chi connectivity index (χ4n) is 1.87. The molecule has 0 saturated heterocycles. The van der Waals surface area contributed by atoms with E-state index in [4.69, 9.17) is 23.2 Å². The molecule has 6 heteroatoms. The number of carbonyl (C=O) groups is 1. The van der Waals surface area contributed by atoms with Crippen molar-refractivity contribution in [1.29, 1.82) is 0 Å². The van der Waals surface area contributed by atoms with Crippen LogP contribution in [0.3, 0.4) is 0 Å². The summed E-state index contributed by atoms with van der Waals surface area (Å²) in [6, 6.07) is 11.4. The molecule has 0 aliphatic rings. The third kappa shape index (κ3) is 3.78. The first-order valence-corrected chi connectivity index (χ1v) is 7.38. The molecule has 0 fully saturated rings. The van der Waals surface area contributed by atoms with Gasteiger partial charge < -0.3 is 5.11 Å². The molecule has 0 radical (unpaired) electrons. The third-order valence-corrected chi connectivity index (χ3v) is 3.76. The normalized spacial score (nSPS) is 11.3. The van der Waals surface area contributed by atoms with Gasteiger partial charge in [0.25, 0.3) is 5.91 Å². The number of hydrogen-bond donors (Lipinski definition) is 2. The lowest BCUT2D eigenvalue weighted by Crippen LogP contribution is -2.20. The van der Waals surface area contributed by atoms with E-state index in [1.165, 1.54) is 6.07 Å². The Morgan fingerprint density at radius 3 is 2.55 bits per heavy atom. The van der Waals surface area contributed by atoms with Crippen molar-refractivity contribution in [2.24, 2.45) is 5.10 Å². The number of nitrogens with zero attached hydrogens (tertiary/aromatic N) is 1. The molecule has 2 aromatic carbocycles. The van der Waals surface area contributed by atoms with E-state index in [9.17, 15) is 9.90 Å². The molecule has 1 amide bonds. The first-order valence-electron chi connectivity index (χ1n) is 6.63. The van der Waals surface area contributed by atoms with Crippen molar-refractivity contribution < 1.29 is 9.90 Å². The Hall–Kier alpha value is -2.04. The third-order valence-electron chi connectivity index (χ3n) is 3.02. The maximum atomic E-state index is 12.1. The average molecular weight is 337 g/mol. The maximum Gasteiger partial charge on any atom is 0.271 e. The molecule has 22 heavy (non-hydrogen) atoms. The largest absolute Gasteiger partial charge is 0.507 e. The lowest BCUT2D eigenvalue weighted by Gasteiger charge is -2.07. The summed E-state index contributed by atoms with van der Waals surface area (Å²) in [5, 5.41) is 14.6. The van der Waals surface area contributed by atoms with Crippen LogP contribution in [-0.2, 0) is 0 Å². The molecule has 114 valence electrons. The molecule has 2 rings (SSSR count). The molecule has 2 aromatic rings. The molecule has 0 spiro atoms. The van der Waals surface area contributed by atoms with Crippen LogP contribution in [0.25, 0.3) is 0 Å². The van der Waals surface area contributed by atoms with E-state index in [1.807, 2.05) is 6.92 Å². The number of nitrogens with one attached hydrogen (secondary N) is 1. The van der Waals surface area contributed by atoms with Gasteiger partial charge in [-0.25, -0.2) is 5.43 Å². The number of benzene rings is 2. The summed E-state index contributed by atoms with van der Waals surface area (Å²) in [5.74, 6) is -0.285. The highest BCUT2D eigenvalue weighted by atomic mass is 35.5. The zero-order valence-corrected chi connectivity index (χ0v) is 13.3. The summed E-state index contributed by atoms with van der Waals surface area (Å²) >= 11 is 11.7.